The Morgan fingerprint density at radius 3 is 1.68 bits per heavy atom. The van der Waals surface area contributed by atoms with E-state index in [1.165, 1.54) is 57.8 Å². The molecule has 0 aliphatic rings. The van der Waals surface area contributed by atoms with E-state index in [-0.39, 0.29) is 6.29 Å². The molecule has 0 bridgehead atoms. The number of hydrogen-bond acceptors (Lipinski definition) is 2. The highest BCUT2D eigenvalue weighted by atomic mass is 79.9. The third-order valence-corrected chi connectivity index (χ3v) is 4.55. The molecule has 0 amide bonds. The summed E-state index contributed by atoms with van der Waals surface area (Å²) in [6.45, 7) is 5.94. The first-order chi connectivity index (χ1) is 12.3. The van der Waals surface area contributed by atoms with Crippen LogP contribution >= 0.6 is 15.9 Å². The molecule has 0 aromatic rings. The van der Waals surface area contributed by atoms with Crippen molar-refractivity contribution in [1.29, 1.82) is 0 Å². The Morgan fingerprint density at radius 2 is 1.16 bits per heavy atom. The second-order valence-electron chi connectivity index (χ2n) is 6.51. The van der Waals surface area contributed by atoms with E-state index in [0.717, 1.165) is 37.8 Å². The zero-order valence-electron chi connectivity index (χ0n) is 16.7. The Kier molecular flexibility index (Phi) is 21.8. The van der Waals surface area contributed by atoms with E-state index in [2.05, 4.69) is 54.1 Å². The minimum atomic E-state index is -0.0321. The van der Waals surface area contributed by atoms with E-state index in [0.29, 0.717) is 0 Å². The second-order valence-corrected chi connectivity index (χ2v) is 7.31. The van der Waals surface area contributed by atoms with Gasteiger partial charge >= 0.3 is 0 Å². The molecule has 0 rings (SSSR count). The van der Waals surface area contributed by atoms with Crippen LogP contribution in [0.3, 0.4) is 0 Å². The quantitative estimate of drug-likeness (QED) is 0.0934. The number of hydrogen-bond donors (Lipinski definition) is 0. The molecule has 0 fully saturated rings. The standard InChI is InChI=1S/C22H41BrO2/c1-3-5-7-12-16-20-24-22(18-14-10-9-11-15-19-23)25-21-17-13-8-6-4-2/h7-8,12-13,22H,3-6,9-11,14-21H2,1-2H3/b12-7-,13-8-. The first kappa shape index (κ1) is 24.9. The molecular formula is C22H41BrO2. The van der Waals surface area contributed by atoms with Gasteiger partial charge in [0.15, 0.2) is 6.29 Å². The molecule has 3 heteroatoms. The SMILES string of the molecule is CCC/C=C\CCOC(CCCCCCCBr)OCC/C=C\CCC. The summed E-state index contributed by atoms with van der Waals surface area (Å²) in [6, 6.07) is 0. The average molecular weight is 417 g/mol. The summed E-state index contributed by atoms with van der Waals surface area (Å²) in [7, 11) is 0. The number of halogens is 1. The molecule has 0 unspecified atom stereocenters. The van der Waals surface area contributed by atoms with Gasteiger partial charge in [-0.25, -0.2) is 0 Å². The fourth-order valence-electron chi connectivity index (χ4n) is 2.49. The molecule has 0 heterocycles. The molecule has 0 saturated heterocycles. The van der Waals surface area contributed by atoms with Gasteiger partial charge in [-0.1, -0.05) is 86.2 Å². The molecule has 0 saturated carbocycles. The zero-order valence-corrected chi connectivity index (χ0v) is 18.3. The third kappa shape index (κ3) is 20.0. The lowest BCUT2D eigenvalue weighted by atomic mass is 10.1. The molecule has 0 atom stereocenters. The molecule has 0 aliphatic carbocycles. The highest BCUT2D eigenvalue weighted by molar-refractivity contribution is 9.09. The van der Waals surface area contributed by atoms with Gasteiger partial charge in [-0.05, 0) is 44.9 Å². The molecule has 25 heavy (non-hydrogen) atoms. The summed E-state index contributed by atoms with van der Waals surface area (Å²) < 4.78 is 11.9. The van der Waals surface area contributed by atoms with Crippen molar-refractivity contribution in [3.8, 4) is 0 Å². The number of alkyl halides is 1. The number of unbranched alkanes of at least 4 members (excludes halogenated alkanes) is 6. The summed E-state index contributed by atoms with van der Waals surface area (Å²) in [5, 5.41) is 1.12. The number of ether oxygens (including phenoxy) is 2. The lowest BCUT2D eigenvalue weighted by Gasteiger charge is -2.18. The largest absolute Gasteiger partial charge is 0.352 e. The van der Waals surface area contributed by atoms with Crippen LogP contribution in [0.5, 0.6) is 0 Å². The van der Waals surface area contributed by atoms with Crippen molar-refractivity contribution in [1.82, 2.24) is 0 Å². The van der Waals surface area contributed by atoms with Crippen LogP contribution in [0.25, 0.3) is 0 Å². The summed E-state index contributed by atoms with van der Waals surface area (Å²) in [5.74, 6) is 0. The highest BCUT2D eigenvalue weighted by Crippen LogP contribution is 2.12. The molecule has 0 aliphatic heterocycles. The average Bonchev–Trinajstić information content (AvgIpc) is 2.63. The van der Waals surface area contributed by atoms with Gasteiger partial charge in [-0.3, -0.25) is 0 Å². The van der Waals surface area contributed by atoms with Gasteiger partial charge < -0.3 is 9.47 Å². The molecule has 0 radical (unpaired) electrons. The van der Waals surface area contributed by atoms with Crippen LogP contribution in [0.1, 0.15) is 90.9 Å². The van der Waals surface area contributed by atoms with Crippen LogP contribution in [-0.2, 0) is 9.47 Å². The van der Waals surface area contributed by atoms with Crippen molar-refractivity contribution < 1.29 is 9.47 Å². The Hall–Kier alpha value is -0.120. The van der Waals surface area contributed by atoms with E-state index < -0.39 is 0 Å². The van der Waals surface area contributed by atoms with Crippen LogP contribution < -0.4 is 0 Å². The third-order valence-electron chi connectivity index (χ3n) is 3.99. The maximum Gasteiger partial charge on any atom is 0.157 e. The Bertz CT molecular complexity index is 280. The van der Waals surface area contributed by atoms with E-state index in [1.54, 1.807) is 0 Å². The van der Waals surface area contributed by atoms with Gasteiger partial charge in [0.1, 0.15) is 0 Å². The highest BCUT2D eigenvalue weighted by Gasteiger charge is 2.08. The first-order valence-corrected chi connectivity index (χ1v) is 11.6. The lowest BCUT2D eigenvalue weighted by molar-refractivity contribution is -0.144. The minimum Gasteiger partial charge on any atom is -0.352 e. The summed E-state index contributed by atoms with van der Waals surface area (Å²) >= 11 is 3.49. The van der Waals surface area contributed by atoms with Crippen LogP contribution in [-0.4, -0.2) is 24.8 Å². The van der Waals surface area contributed by atoms with Gasteiger partial charge in [0.2, 0.25) is 0 Å². The minimum absolute atomic E-state index is 0.0321. The van der Waals surface area contributed by atoms with E-state index in [9.17, 15) is 0 Å². The lowest BCUT2D eigenvalue weighted by Crippen LogP contribution is -2.18. The van der Waals surface area contributed by atoms with Gasteiger partial charge in [0, 0.05) is 5.33 Å². The molecule has 0 spiro atoms. The Labute approximate surface area is 165 Å². The predicted octanol–water partition coefficient (Wildman–Crippen LogP) is 7.57. The molecule has 148 valence electrons. The van der Waals surface area contributed by atoms with Crippen molar-refractivity contribution in [2.45, 2.75) is 97.2 Å². The predicted molar refractivity (Wildman–Crippen MR) is 115 cm³/mol. The molecule has 0 N–H and O–H groups in total. The van der Waals surface area contributed by atoms with Crippen molar-refractivity contribution in [2.24, 2.45) is 0 Å². The van der Waals surface area contributed by atoms with Gasteiger partial charge in [-0.2, -0.15) is 0 Å². The van der Waals surface area contributed by atoms with Crippen LogP contribution in [0.2, 0.25) is 0 Å². The normalized spacial score (nSPS) is 12.2. The van der Waals surface area contributed by atoms with Crippen molar-refractivity contribution >= 4 is 15.9 Å². The number of rotatable bonds is 19. The Balaban J connectivity index is 3.91. The van der Waals surface area contributed by atoms with Crippen LogP contribution in [0.4, 0.5) is 0 Å². The van der Waals surface area contributed by atoms with Crippen LogP contribution in [0, 0.1) is 0 Å². The van der Waals surface area contributed by atoms with Crippen molar-refractivity contribution in [2.75, 3.05) is 18.5 Å². The summed E-state index contributed by atoms with van der Waals surface area (Å²) in [4.78, 5) is 0. The first-order valence-electron chi connectivity index (χ1n) is 10.4. The molecular weight excluding hydrogens is 376 g/mol. The maximum absolute atomic E-state index is 5.97. The Morgan fingerprint density at radius 1 is 0.680 bits per heavy atom. The van der Waals surface area contributed by atoms with E-state index in [4.69, 9.17) is 9.47 Å². The van der Waals surface area contributed by atoms with Crippen molar-refractivity contribution in [3.05, 3.63) is 24.3 Å². The maximum atomic E-state index is 5.97. The van der Waals surface area contributed by atoms with Gasteiger partial charge in [0.05, 0.1) is 13.2 Å². The number of allylic oxidation sites excluding steroid dienone is 2. The molecule has 2 nitrogen and oxygen atoms in total. The monoisotopic (exact) mass is 416 g/mol. The smallest absolute Gasteiger partial charge is 0.157 e. The fourth-order valence-corrected chi connectivity index (χ4v) is 2.89. The fraction of sp³-hybridized carbons (Fsp3) is 0.818. The van der Waals surface area contributed by atoms with Gasteiger partial charge in [0.25, 0.3) is 0 Å². The van der Waals surface area contributed by atoms with Crippen LogP contribution in [0.15, 0.2) is 24.3 Å². The van der Waals surface area contributed by atoms with E-state index >= 15 is 0 Å². The summed E-state index contributed by atoms with van der Waals surface area (Å²) in [5.41, 5.74) is 0. The second kappa shape index (κ2) is 21.9. The zero-order chi connectivity index (χ0) is 18.4. The molecule has 0 aromatic carbocycles. The van der Waals surface area contributed by atoms with Crippen molar-refractivity contribution in [3.63, 3.8) is 0 Å². The molecule has 0 aromatic heterocycles. The van der Waals surface area contributed by atoms with E-state index in [1.807, 2.05) is 0 Å². The summed E-state index contributed by atoms with van der Waals surface area (Å²) in [6.07, 6.45) is 23.1. The van der Waals surface area contributed by atoms with Gasteiger partial charge in [-0.15, -0.1) is 0 Å². The topological polar surface area (TPSA) is 18.5 Å².